The van der Waals surface area contributed by atoms with E-state index in [1.54, 1.807) is 36.4 Å². The highest BCUT2D eigenvalue weighted by molar-refractivity contribution is 5.78. The first-order valence-electron chi connectivity index (χ1n) is 22.9. The van der Waals surface area contributed by atoms with Crippen LogP contribution in [0.15, 0.2) is 158 Å². The molecule has 2 aliphatic rings. The van der Waals surface area contributed by atoms with E-state index in [-0.39, 0.29) is 56.0 Å². The SMILES string of the molecule is CC(=O)Oc1ccc(OCc2ccccc2)cc1.CC1CCC(C(=O)Oc2ccc(OCc3ccccc3)cc2)CC1.O=C(Oc1ccc(O)cc1)C1CCC(C(=O)Oc2ccc(O)cc2)CC1.[HH].[HH]. The number of phenolic OH excluding ortho intramolecular Hbond substituents is 2. The van der Waals surface area contributed by atoms with Gasteiger partial charge in [0, 0.05) is 9.78 Å². The van der Waals surface area contributed by atoms with Crippen LogP contribution in [0, 0.1) is 23.7 Å². The van der Waals surface area contributed by atoms with Crippen molar-refractivity contribution in [1.29, 1.82) is 0 Å². The Bertz CT molecular complexity index is 2400. The summed E-state index contributed by atoms with van der Waals surface area (Å²) in [5, 5.41) is 18.5. The molecule has 12 heteroatoms. The molecule has 68 heavy (non-hydrogen) atoms. The Morgan fingerprint density at radius 2 is 0.691 bits per heavy atom. The van der Waals surface area contributed by atoms with E-state index < -0.39 is 0 Å². The minimum absolute atomic E-state index is 0. The van der Waals surface area contributed by atoms with Crippen LogP contribution >= 0.6 is 0 Å². The number of ether oxygens (including phenoxy) is 6. The van der Waals surface area contributed by atoms with Crippen LogP contribution in [0.4, 0.5) is 0 Å². The van der Waals surface area contributed by atoms with E-state index in [2.05, 4.69) is 6.92 Å². The zero-order valence-corrected chi connectivity index (χ0v) is 38.4. The lowest BCUT2D eigenvalue weighted by molar-refractivity contribution is -0.145. The van der Waals surface area contributed by atoms with Crippen LogP contribution in [0.25, 0.3) is 0 Å². The van der Waals surface area contributed by atoms with Gasteiger partial charge in [0.25, 0.3) is 0 Å². The fraction of sp³-hybridized carbons (Fsp3) is 0.286. The van der Waals surface area contributed by atoms with E-state index in [0.29, 0.717) is 61.9 Å². The Kier molecular flexibility index (Phi) is 19.0. The molecular formula is C56H62O12. The van der Waals surface area contributed by atoms with Gasteiger partial charge in [-0.2, -0.15) is 0 Å². The van der Waals surface area contributed by atoms with Gasteiger partial charge < -0.3 is 38.6 Å². The van der Waals surface area contributed by atoms with Crippen molar-refractivity contribution in [1.82, 2.24) is 0 Å². The van der Waals surface area contributed by atoms with Crippen LogP contribution in [0.2, 0.25) is 0 Å². The summed E-state index contributed by atoms with van der Waals surface area (Å²) >= 11 is 0. The zero-order valence-electron chi connectivity index (χ0n) is 38.4. The largest absolute Gasteiger partial charge is 0.508 e. The smallest absolute Gasteiger partial charge is 0.314 e. The van der Waals surface area contributed by atoms with E-state index in [1.165, 1.54) is 55.5 Å². The Morgan fingerprint density at radius 1 is 0.412 bits per heavy atom. The summed E-state index contributed by atoms with van der Waals surface area (Å²) in [5.74, 6) is 2.85. The number of esters is 4. The average Bonchev–Trinajstić information content (AvgIpc) is 3.36. The second-order valence-corrected chi connectivity index (χ2v) is 16.8. The maximum absolute atomic E-state index is 12.2. The van der Waals surface area contributed by atoms with Crippen LogP contribution in [0.1, 0.15) is 79.2 Å². The second-order valence-electron chi connectivity index (χ2n) is 16.8. The van der Waals surface area contributed by atoms with Gasteiger partial charge in [0.2, 0.25) is 0 Å². The van der Waals surface area contributed by atoms with Crippen molar-refractivity contribution in [3.8, 4) is 46.0 Å². The number of aromatic hydroxyl groups is 2. The Hall–Kier alpha value is -7.60. The molecule has 2 N–H and O–H groups in total. The third kappa shape index (κ3) is 17.0. The van der Waals surface area contributed by atoms with Crippen LogP contribution in [-0.2, 0) is 32.4 Å². The molecule has 0 bridgehead atoms. The molecule has 8 rings (SSSR count). The summed E-state index contributed by atoms with van der Waals surface area (Å²) in [6, 6.07) is 46.2. The number of carbonyl (C=O) groups excluding carboxylic acids is 4. The predicted octanol–water partition coefficient (Wildman–Crippen LogP) is 12.1. The van der Waals surface area contributed by atoms with Crippen LogP contribution < -0.4 is 28.4 Å². The summed E-state index contributed by atoms with van der Waals surface area (Å²) in [5.41, 5.74) is 2.24. The number of hydrogen-bond donors (Lipinski definition) is 2. The van der Waals surface area contributed by atoms with Gasteiger partial charge in [0.1, 0.15) is 59.2 Å². The highest BCUT2D eigenvalue weighted by Crippen LogP contribution is 2.33. The number of benzene rings is 6. The van der Waals surface area contributed by atoms with E-state index >= 15 is 0 Å². The predicted molar refractivity (Wildman–Crippen MR) is 260 cm³/mol. The minimum Gasteiger partial charge on any atom is -0.508 e. The molecule has 2 saturated carbocycles. The molecule has 0 saturated heterocycles. The van der Waals surface area contributed by atoms with Crippen molar-refractivity contribution in [2.24, 2.45) is 23.7 Å². The maximum atomic E-state index is 12.2. The molecule has 0 spiro atoms. The topological polar surface area (TPSA) is 164 Å². The van der Waals surface area contributed by atoms with Crippen molar-refractivity contribution in [3.63, 3.8) is 0 Å². The quantitative estimate of drug-likeness (QED) is 0.0833. The van der Waals surface area contributed by atoms with Crippen molar-refractivity contribution >= 4 is 23.9 Å². The first-order valence-corrected chi connectivity index (χ1v) is 22.9. The van der Waals surface area contributed by atoms with Gasteiger partial charge in [0.05, 0.1) is 17.8 Å². The molecular weight excluding hydrogens is 865 g/mol. The van der Waals surface area contributed by atoms with Crippen molar-refractivity contribution in [2.75, 3.05) is 0 Å². The monoisotopic (exact) mass is 926 g/mol. The molecule has 12 nitrogen and oxygen atoms in total. The van der Waals surface area contributed by atoms with E-state index in [4.69, 9.17) is 28.4 Å². The molecule has 2 aliphatic carbocycles. The second kappa shape index (κ2) is 25.9. The summed E-state index contributed by atoms with van der Waals surface area (Å²) < 4.78 is 32.4. The van der Waals surface area contributed by atoms with Gasteiger partial charge in [0.15, 0.2) is 0 Å². The maximum Gasteiger partial charge on any atom is 0.314 e. The molecule has 0 heterocycles. The van der Waals surface area contributed by atoms with Gasteiger partial charge >= 0.3 is 23.9 Å². The molecule has 0 unspecified atom stereocenters. The summed E-state index contributed by atoms with van der Waals surface area (Å²) in [7, 11) is 0. The van der Waals surface area contributed by atoms with Crippen LogP contribution in [0.5, 0.6) is 46.0 Å². The Labute approximate surface area is 400 Å². The van der Waals surface area contributed by atoms with Crippen LogP contribution in [0.3, 0.4) is 0 Å². The third-order valence-electron chi connectivity index (χ3n) is 11.5. The zero-order chi connectivity index (χ0) is 48.1. The minimum atomic E-state index is -0.326. The molecule has 6 aromatic carbocycles. The highest BCUT2D eigenvalue weighted by Gasteiger charge is 2.32. The van der Waals surface area contributed by atoms with Crippen LogP contribution in [-0.4, -0.2) is 34.1 Å². The first-order chi connectivity index (χ1) is 32.9. The van der Waals surface area contributed by atoms with Gasteiger partial charge in [-0.15, -0.1) is 0 Å². The molecule has 6 aromatic rings. The lowest BCUT2D eigenvalue weighted by Gasteiger charge is -2.25. The number of hydrogen-bond acceptors (Lipinski definition) is 12. The Balaban J connectivity index is 0.000000229. The Morgan fingerprint density at radius 3 is 1.01 bits per heavy atom. The van der Waals surface area contributed by atoms with E-state index in [1.807, 2.05) is 72.8 Å². The third-order valence-corrected chi connectivity index (χ3v) is 11.5. The molecule has 0 amide bonds. The number of phenols is 2. The molecule has 0 radical (unpaired) electrons. The lowest BCUT2D eigenvalue weighted by Crippen LogP contribution is -2.30. The first kappa shape index (κ1) is 49.8. The van der Waals surface area contributed by atoms with Gasteiger partial charge in [-0.3, -0.25) is 19.2 Å². The molecule has 358 valence electrons. The molecule has 2 fully saturated rings. The normalized spacial score (nSPS) is 17.3. The summed E-state index contributed by atoms with van der Waals surface area (Å²) in [6.07, 6.45) is 6.37. The van der Waals surface area contributed by atoms with Crippen molar-refractivity contribution < 1.29 is 60.7 Å². The summed E-state index contributed by atoms with van der Waals surface area (Å²) in [4.78, 5) is 47.4. The molecule has 0 aliphatic heterocycles. The fourth-order valence-electron chi connectivity index (χ4n) is 7.54. The van der Waals surface area contributed by atoms with Gasteiger partial charge in [-0.1, -0.05) is 67.6 Å². The van der Waals surface area contributed by atoms with E-state index in [0.717, 1.165) is 54.2 Å². The average molecular weight is 927 g/mol. The number of rotatable bonds is 13. The van der Waals surface area contributed by atoms with Crippen molar-refractivity contribution in [2.45, 2.75) is 78.4 Å². The van der Waals surface area contributed by atoms with E-state index in [9.17, 15) is 29.4 Å². The fourth-order valence-corrected chi connectivity index (χ4v) is 7.54. The lowest BCUT2D eigenvalue weighted by atomic mass is 9.82. The molecule has 0 aromatic heterocycles. The highest BCUT2D eigenvalue weighted by atomic mass is 16.5. The number of carbonyl (C=O) groups is 4. The van der Waals surface area contributed by atoms with Gasteiger partial charge in [-0.05, 0) is 165 Å². The molecule has 0 atom stereocenters. The van der Waals surface area contributed by atoms with Gasteiger partial charge in [-0.25, -0.2) is 0 Å². The van der Waals surface area contributed by atoms with Crippen molar-refractivity contribution in [3.05, 3.63) is 169 Å². The standard InChI is InChI=1S/C21H24O3.C20H20O6.C15H14O3.2H2/c1-16-7-9-18(10-8-16)21(22)24-20-13-11-19(12-14-20)23-15-17-5-3-2-4-6-17;21-15-5-9-17(10-6-15)25-19(23)13-1-2-14(4-3-13)20(24)26-18-11-7-16(22)8-12-18;1-12(16)18-15-9-7-14(8-10-15)17-11-13-5-3-2-4-6-13;;/h2-6,11-14,16,18H,7-10,15H2,1H3;5-14,21-22H,1-4H2;2-10H,11H2,1H3;2*1H. The summed E-state index contributed by atoms with van der Waals surface area (Å²) in [6.45, 7) is 4.67.